The fraction of sp³-hybridized carbons (Fsp3) is 0.500. The molecule has 2 aromatic rings. The Morgan fingerprint density at radius 2 is 1.67 bits per heavy atom. The van der Waals surface area contributed by atoms with E-state index in [1.165, 1.54) is 31.4 Å². The number of carbonyl (C=O) groups excluding carboxylic acids is 1. The van der Waals surface area contributed by atoms with Crippen LogP contribution in [0.15, 0.2) is 24.3 Å². The average molecular weight is 415 g/mol. The number of rotatable bonds is 4. The van der Waals surface area contributed by atoms with E-state index in [0.717, 1.165) is 30.7 Å². The predicted molar refractivity (Wildman–Crippen MR) is 112 cm³/mol. The van der Waals surface area contributed by atoms with Crippen molar-refractivity contribution in [3.05, 3.63) is 47.2 Å². The maximum absolute atomic E-state index is 13.9. The molecule has 2 fully saturated rings. The third kappa shape index (κ3) is 4.68. The number of aromatic nitrogens is 2. The van der Waals surface area contributed by atoms with Gasteiger partial charge in [-0.3, -0.25) is 4.79 Å². The monoisotopic (exact) mass is 415 g/mol. The molecule has 0 unspecified atom stereocenters. The Labute approximate surface area is 175 Å². The van der Waals surface area contributed by atoms with Crippen LogP contribution >= 0.6 is 0 Å². The Bertz CT molecular complexity index is 908. The Morgan fingerprint density at radius 1 is 0.933 bits per heavy atom. The highest BCUT2D eigenvalue weighted by atomic mass is 19.1. The predicted octanol–water partition coefficient (Wildman–Crippen LogP) is 2.94. The van der Waals surface area contributed by atoms with E-state index in [1.54, 1.807) is 4.90 Å². The third-order valence-corrected chi connectivity index (χ3v) is 5.78. The van der Waals surface area contributed by atoms with E-state index in [-0.39, 0.29) is 17.9 Å². The highest BCUT2D eigenvalue weighted by Crippen LogP contribution is 2.22. The van der Waals surface area contributed by atoms with E-state index in [2.05, 4.69) is 14.8 Å². The van der Waals surface area contributed by atoms with Gasteiger partial charge in [-0.05, 0) is 37.8 Å². The van der Waals surface area contributed by atoms with Crippen LogP contribution in [0.3, 0.4) is 0 Å². The van der Waals surface area contributed by atoms with Gasteiger partial charge in [0.2, 0.25) is 11.9 Å². The van der Waals surface area contributed by atoms with Crippen molar-refractivity contribution in [1.29, 1.82) is 0 Å². The largest absolute Gasteiger partial charge is 0.356 e. The normalized spacial score (nSPS) is 17.4. The molecule has 0 saturated carbocycles. The van der Waals surface area contributed by atoms with Gasteiger partial charge in [-0.25, -0.2) is 13.8 Å². The van der Waals surface area contributed by atoms with Crippen molar-refractivity contribution in [2.24, 2.45) is 0 Å². The summed E-state index contributed by atoms with van der Waals surface area (Å²) < 4.78 is 26.9. The number of aryl methyl sites for hydroxylation is 1. The van der Waals surface area contributed by atoms with Crippen molar-refractivity contribution < 1.29 is 13.6 Å². The minimum atomic E-state index is -0.680. The first-order valence-corrected chi connectivity index (χ1v) is 10.6. The summed E-state index contributed by atoms with van der Waals surface area (Å²) in [4.78, 5) is 28.1. The number of halogens is 2. The van der Waals surface area contributed by atoms with E-state index in [4.69, 9.17) is 4.98 Å². The molecule has 8 heteroatoms. The number of nitrogens with zero attached hydrogens (tertiary/aromatic N) is 5. The van der Waals surface area contributed by atoms with Crippen molar-refractivity contribution in [1.82, 2.24) is 14.9 Å². The zero-order chi connectivity index (χ0) is 21.1. The van der Waals surface area contributed by atoms with E-state index in [9.17, 15) is 13.6 Å². The molecule has 2 saturated heterocycles. The van der Waals surface area contributed by atoms with Crippen LogP contribution in [0.2, 0.25) is 0 Å². The van der Waals surface area contributed by atoms with Crippen LogP contribution in [0.5, 0.6) is 0 Å². The molecule has 3 heterocycles. The van der Waals surface area contributed by atoms with Gasteiger partial charge in [0.25, 0.3) is 0 Å². The maximum Gasteiger partial charge on any atom is 0.227 e. The van der Waals surface area contributed by atoms with Crippen molar-refractivity contribution >= 4 is 17.7 Å². The quantitative estimate of drug-likeness (QED) is 0.769. The molecule has 0 aliphatic carbocycles. The van der Waals surface area contributed by atoms with Crippen LogP contribution in [0.25, 0.3) is 0 Å². The minimum Gasteiger partial charge on any atom is -0.356 e. The summed E-state index contributed by atoms with van der Waals surface area (Å²) in [6.45, 7) is 6.34. The highest BCUT2D eigenvalue weighted by molar-refractivity contribution is 5.79. The minimum absolute atomic E-state index is 0.0633. The number of hydrogen-bond donors (Lipinski definition) is 0. The van der Waals surface area contributed by atoms with Gasteiger partial charge in [0.15, 0.2) is 0 Å². The number of amides is 1. The first-order chi connectivity index (χ1) is 14.5. The standard InChI is InChI=1S/C22H27F2N5O/c1-16-13-20(27-7-3-2-4-8-27)26-22(25-16)29-11-9-28(10-12-29)21(30)14-17-5-6-18(23)15-19(17)24/h5-6,13,15H,2-4,7-12,14H2,1H3. The van der Waals surface area contributed by atoms with Gasteiger partial charge >= 0.3 is 0 Å². The van der Waals surface area contributed by atoms with Crippen molar-refractivity contribution in [3.8, 4) is 0 Å². The molecular weight excluding hydrogens is 388 g/mol. The van der Waals surface area contributed by atoms with Gasteiger partial charge in [0.05, 0.1) is 6.42 Å². The van der Waals surface area contributed by atoms with Gasteiger partial charge in [-0.2, -0.15) is 4.98 Å². The molecule has 160 valence electrons. The fourth-order valence-corrected chi connectivity index (χ4v) is 4.06. The van der Waals surface area contributed by atoms with E-state index >= 15 is 0 Å². The van der Waals surface area contributed by atoms with Gasteiger partial charge in [0.1, 0.15) is 17.5 Å². The second-order valence-electron chi connectivity index (χ2n) is 8.00. The molecule has 0 bridgehead atoms. The summed E-state index contributed by atoms with van der Waals surface area (Å²) in [5, 5.41) is 0. The molecule has 2 aliphatic heterocycles. The molecule has 1 aromatic carbocycles. The Kier molecular flexibility index (Phi) is 6.11. The number of anilines is 2. The molecule has 6 nitrogen and oxygen atoms in total. The molecule has 2 aliphatic rings. The number of piperazine rings is 1. The van der Waals surface area contributed by atoms with Gasteiger partial charge in [0, 0.05) is 57.1 Å². The summed E-state index contributed by atoms with van der Waals surface area (Å²) in [7, 11) is 0. The Balaban J connectivity index is 1.38. The lowest BCUT2D eigenvalue weighted by Crippen LogP contribution is -2.49. The zero-order valence-corrected chi connectivity index (χ0v) is 17.3. The molecule has 4 rings (SSSR count). The second-order valence-corrected chi connectivity index (χ2v) is 8.00. The summed E-state index contributed by atoms with van der Waals surface area (Å²) in [5.41, 5.74) is 1.16. The Morgan fingerprint density at radius 3 is 2.37 bits per heavy atom. The second kappa shape index (κ2) is 8.93. The van der Waals surface area contributed by atoms with Gasteiger partial charge < -0.3 is 14.7 Å². The van der Waals surface area contributed by atoms with E-state index in [0.29, 0.717) is 32.1 Å². The first kappa shape index (κ1) is 20.5. The van der Waals surface area contributed by atoms with Crippen LogP contribution in [-0.4, -0.2) is 60.0 Å². The van der Waals surface area contributed by atoms with Crippen LogP contribution in [0.1, 0.15) is 30.5 Å². The molecule has 1 amide bonds. The van der Waals surface area contributed by atoms with Crippen molar-refractivity contribution in [2.45, 2.75) is 32.6 Å². The lowest BCUT2D eigenvalue weighted by molar-refractivity contribution is -0.130. The van der Waals surface area contributed by atoms with Crippen molar-refractivity contribution in [2.75, 3.05) is 49.1 Å². The lowest BCUT2D eigenvalue weighted by atomic mass is 10.1. The van der Waals surface area contributed by atoms with E-state index < -0.39 is 11.6 Å². The Hall–Kier alpha value is -2.77. The summed E-state index contributed by atoms with van der Waals surface area (Å²) in [6.07, 6.45) is 3.58. The van der Waals surface area contributed by atoms with Crippen LogP contribution in [0.4, 0.5) is 20.5 Å². The molecular formula is C22H27F2N5O. The van der Waals surface area contributed by atoms with Gasteiger partial charge in [-0.15, -0.1) is 0 Å². The molecule has 0 atom stereocenters. The smallest absolute Gasteiger partial charge is 0.227 e. The molecule has 0 radical (unpaired) electrons. The number of piperidine rings is 1. The third-order valence-electron chi connectivity index (χ3n) is 5.78. The fourth-order valence-electron chi connectivity index (χ4n) is 4.06. The van der Waals surface area contributed by atoms with Gasteiger partial charge in [-0.1, -0.05) is 6.07 Å². The topological polar surface area (TPSA) is 52.6 Å². The lowest BCUT2D eigenvalue weighted by Gasteiger charge is -2.35. The molecule has 0 spiro atoms. The van der Waals surface area contributed by atoms with E-state index in [1.807, 2.05) is 13.0 Å². The molecule has 0 N–H and O–H groups in total. The highest BCUT2D eigenvalue weighted by Gasteiger charge is 2.24. The maximum atomic E-state index is 13.9. The van der Waals surface area contributed by atoms with Crippen molar-refractivity contribution in [3.63, 3.8) is 0 Å². The molecule has 30 heavy (non-hydrogen) atoms. The summed E-state index contributed by atoms with van der Waals surface area (Å²) in [5.74, 6) is 0.203. The van der Waals surface area contributed by atoms with Crippen LogP contribution in [-0.2, 0) is 11.2 Å². The first-order valence-electron chi connectivity index (χ1n) is 10.6. The summed E-state index contributed by atoms with van der Waals surface area (Å²) in [6, 6.07) is 5.36. The average Bonchev–Trinajstić information content (AvgIpc) is 2.76. The molecule has 1 aromatic heterocycles. The number of benzene rings is 1. The summed E-state index contributed by atoms with van der Waals surface area (Å²) >= 11 is 0. The van der Waals surface area contributed by atoms with Crippen LogP contribution in [0, 0.1) is 18.6 Å². The number of hydrogen-bond acceptors (Lipinski definition) is 5. The number of carbonyl (C=O) groups is 1. The zero-order valence-electron chi connectivity index (χ0n) is 17.3. The SMILES string of the molecule is Cc1cc(N2CCCCC2)nc(N2CCN(C(=O)Cc3ccc(F)cc3F)CC2)n1. The van der Waals surface area contributed by atoms with Crippen LogP contribution < -0.4 is 9.80 Å².